The number of benzene rings is 2. The average molecular weight is 339 g/mol. The Balaban J connectivity index is 1.69. The molecule has 1 aromatic heterocycles. The molecule has 126 valence electrons. The first-order valence-corrected chi connectivity index (χ1v) is 7.25. The first-order valence-electron chi connectivity index (χ1n) is 7.25. The maximum absolute atomic E-state index is 12.2. The quantitative estimate of drug-likeness (QED) is 0.495. The number of nitrogens with zero attached hydrogens (tertiary/aromatic N) is 2. The number of aryl methyl sites for hydroxylation is 1. The number of aromatic nitrogens is 2. The van der Waals surface area contributed by atoms with Crippen LogP contribution in [0.4, 0.5) is 5.69 Å². The number of H-pyrrole nitrogens is 1. The van der Waals surface area contributed by atoms with Crippen molar-refractivity contribution >= 4 is 28.4 Å². The van der Waals surface area contributed by atoms with Gasteiger partial charge in [-0.05, 0) is 31.2 Å². The number of non-ortho nitro benzene ring substituents is 1. The molecule has 1 heterocycles. The topological polar surface area (TPSA) is 130 Å². The summed E-state index contributed by atoms with van der Waals surface area (Å²) in [5.74, 6) is -1.17. The lowest BCUT2D eigenvalue weighted by molar-refractivity contribution is -0.384. The number of nitro benzene ring substituents is 1. The Kier molecular flexibility index (Phi) is 4.12. The minimum Gasteiger partial charge on any atom is -0.277 e. The summed E-state index contributed by atoms with van der Waals surface area (Å²) in [6, 6.07) is 10.5. The van der Waals surface area contributed by atoms with E-state index in [4.69, 9.17) is 0 Å². The van der Waals surface area contributed by atoms with Crippen molar-refractivity contribution in [2.75, 3.05) is 0 Å². The number of aromatic amines is 1. The molecule has 2 aromatic carbocycles. The SMILES string of the molecule is Cc1ccc2[nH]nc(C(=O)NNC(=O)c3ccc([N+](=O)[O-])cc3)c2c1. The molecule has 0 fully saturated rings. The van der Waals surface area contributed by atoms with Gasteiger partial charge in [-0.25, -0.2) is 0 Å². The Morgan fingerprint density at radius 1 is 1.08 bits per heavy atom. The Morgan fingerprint density at radius 2 is 1.76 bits per heavy atom. The fraction of sp³-hybridized carbons (Fsp3) is 0.0625. The Bertz CT molecular complexity index is 978. The molecule has 0 aliphatic heterocycles. The van der Waals surface area contributed by atoms with Gasteiger partial charge in [0.2, 0.25) is 0 Å². The maximum atomic E-state index is 12.2. The molecule has 3 N–H and O–H groups in total. The molecule has 9 heteroatoms. The predicted molar refractivity (Wildman–Crippen MR) is 88.9 cm³/mol. The van der Waals surface area contributed by atoms with Crippen LogP contribution in [0, 0.1) is 17.0 Å². The van der Waals surface area contributed by atoms with E-state index in [2.05, 4.69) is 21.0 Å². The van der Waals surface area contributed by atoms with Gasteiger partial charge in [-0.15, -0.1) is 0 Å². The number of hydrazine groups is 1. The van der Waals surface area contributed by atoms with Gasteiger partial charge in [0.25, 0.3) is 17.5 Å². The smallest absolute Gasteiger partial charge is 0.277 e. The van der Waals surface area contributed by atoms with Gasteiger partial charge in [0.15, 0.2) is 5.69 Å². The van der Waals surface area contributed by atoms with Crippen LogP contribution in [-0.2, 0) is 0 Å². The zero-order chi connectivity index (χ0) is 18.0. The Labute approximate surface area is 141 Å². The summed E-state index contributed by atoms with van der Waals surface area (Å²) in [7, 11) is 0. The van der Waals surface area contributed by atoms with Crippen LogP contribution in [0.1, 0.15) is 26.4 Å². The Hall–Kier alpha value is -3.75. The summed E-state index contributed by atoms with van der Waals surface area (Å²) in [6.07, 6.45) is 0. The van der Waals surface area contributed by atoms with Crippen molar-refractivity contribution in [1.82, 2.24) is 21.0 Å². The van der Waals surface area contributed by atoms with E-state index < -0.39 is 16.7 Å². The third kappa shape index (κ3) is 3.29. The molecule has 0 saturated heterocycles. The third-order valence-corrected chi connectivity index (χ3v) is 3.56. The van der Waals surface area contributed by atoms with Crippen LogP contribution in [0.3, 0.4) is 0 Å². The summed E-state index contributed by atoms with van der Waals surface area (Å²) in [6.45, 7) is 1.89. The van der Waals surface area contributed by atoms with Crippen LogP contribution in [0.5, 0.6) is 0 Å². The number of amides is 2. The molecule has 0 bridgehead atoms. The highest BCUT2D eigenvalue weighted by Crippen LogP contribution is 2.17. The zero-order valence-corrected chi connectivity index (χ0v) is 13.1. The lowest BCUT2D eigenvalue weighted by Gasteiger charge is -2.06. The normalized spacial score (nSPS) is 10.4. The first-order chi connectivity index (χ1) is 12.0. The van der Waals surface area contributed by atoms with Crippen LogP contribution >= 0.6 is 0 Å². The minimum absolute atomic E-state index is 0.126. The van der Waals surface area contributed by atoms with Gasteiger partial charge in [-0.1, -0.05) is 11.6 Å². The highest BCUT2D eigenvalue weighted by Gasteiger charge is 2.16. The summed E-state index contributed by atoms with van der Waals surface area (Å²) in [4.78, 5) is 34.2. The number of hydrogen-bond acceptors (Lipinski definition) is 5. The molecule has 0 unspecified atom stereocenters. The van der Waals surface area contributed by atoms with E-state index in [1.807, 2.05) is 25.1 Å². The number of nitro groups is 1. The molecule has 0 radical (unpaired) electrons. The average Bonchev–Trinajstić information content (AvgIpc) is 3.02. The van der Waals surface area contributed by atoms with Gasteiger partial charge in [0.1, 0.15) is 0 Å². The highest BCUT2D eigenvalue weighted by atomic mass is 16.6. The summed E-state index contributed by atoms with van der Waals surface area (Å²) < 4.78 is 0. The van der Waals surface area contributed by atoms with Crippen molar-refractivity contribution in [2.45, 2.75) is 6.92 Å². The number of carbonyl (C=O) groups excluding carboxylic acids is 2. The van der Waals surface area contributed by atoms with Crippen molar-refractivity contribution in [3.63, 3.8) is 0 Å². The van der Waals surface area contributed by atoms with Gasteiger partial charge >= 0.3 is 0 Å². The fourth-order valence-electron chi connectivity index (χ4n) is 2.28. The van der Waals surface area contributed by atoms with Crippen molar-refractivity contribution in [2.24, 2.45) is 0 Å². The largest absolute Gasteiger partial charge is 0.290 e. The minimum atomic E-state index is -0.598. The summed E-state index contributed by atoms with van der Waals surface area (Å²) in [5.41, 5.74) is 6.41. The molecular formula is C16H13N5O4. The monoisotopic (exact) mass is 339 g/mol. The second-order valence-corrected chi connectivity index (χ2v) is 5.33. The van der Waals surface area contributed by atoms with E-state index in [1.165, 1.54) is 24.3 Å². The van der Waals surface area contributed by atoms with Crippen LogP contribution in [-0.4, -0.2) is 26.9 Å². The van der Waals surface area contributed by atoms with Crippen LogP contribution < -0.4 is 10.9 Å². The fourth-order valence-corrected chi connectivity index (χ4v) is 2.28. The highest BCUT2D eigenvalue weighted by molar-refractivity contribution is 6.06. The summed E-state index contributed by atoms with van der Waals surface area (Å²) in [5, 5.41) is 17.9. The van der Waals surface area contributed by atoms with Crippen molar-refractivity contribution in [3.05, 3.63) is 69.4 Å². The van der Waals surface area contributed by atoms with E-state index in [-0.39, 0.29) is 16.9 Å². The number of hydrogen-bond donors (Lipinski definition) is 3. The molecule has 0 saturated carbocycles. The lowest BCUT2D eigenvalue weighted by Crippen LogP contribution is -2.41. The maximum Gasteiger partial charge on any atom is 0.290 e. The molecule has 0 aliphatic rings. The molecule has 9 nitrogen and oxygen atoms in total. The van der Waals surface area contributed by atoms with Crippen molar-refractivity contribution in [3.8, 4) is 0 Å². The second-order valence-electron chi connectivity index (χ2n) is 5.33. The van der Waals surface area contributed by atoms with E-state index in [9.17, 15) is 19.7 Å². The molecule has 3 aromatic rings. The second kappa shape index (κ2) is 6.40. The number of carbonyl (C=O) groups is 2. The third-order valence-electron chi connectivity index (χ3n) is 3.56. The van der Waals surface area contributed by atoms with Crippen LogP contribution in [0.2, 0.25) is 0 Å². The van der Waals surface area contributed by atoms with E-state index in [0.717, 1.165) is 5.56 Å². The molecular weight excluding hydrogens is 326 g/mol. The van der Waals surface area contributed by atoms with Gasteiger partial charge < -0.3 is 0 Å². The first kappa shape index (κ1) is 16.1. The predicted octanol–water partition coefficient (Wildman–Crippen LogP) is 1.85. The van der Waals surface area contributed by atoms with Crippen molar-refractivity contribution in [1.29, 1.82) is 0 Å². The van der Waals surface area contributed by atoms with Gasteiger partial charge in [-0.2, -0.15) is 5.10 Å². The Morgan fingerprint density at radius 3 is 2.44 bits per heavy atom. The molecule has 0 atom stereocenters. The molecule has 3 rings (SSSR count). The number of fused-ring (bicyclic) bond motifs is 1. The molecule has 25 heavy (non-hydrogen) atoms. The van der Waals surface area contributed by atoms with Crippen LogP contribution in [0.15, 0.2) is 42.5 Å². The van der Waals surface area contributed by atoms with E-state index in [0.29, 0.717) is 10.9 Å². The summed E-state index contributed by atoms with van der Waals surface area (Å²) >= 11 is 0. The zero-order valence-electron chi connectivity index (χ0n) is 13.1. The van der Waals surface area contributed by atoms with E-state index in [1.54, 1.807) is 0 Å². The standard InChI is InChI=1S/C16H13N5O4/c1-9-2-7-13-12(8-9)14(18-17-13)16(23)20-19-15(22)10-3-5-11(6-4-10)21(24)25/h2-8H,1H3,(H,17,18)(H,19,22)(H,20,23). The number of rotatable bonds is 3. The van der Waals surface area contributed by atoms with Gasteiger partial charge in [-0.3, -0.25) is 35.7 Å². The van der Waals surface area contributed by atoms with Gasteiger partial charge in [0.05, 0.1) is 10.4 Å². The van der Waals surface area contributed by atoms with E-state index >= 15 is 0 Å². The lowest BCUT2D eigenvalue weighted by atomic mass is 10.1. The molecule has 2 amide bonds. The number of nitrogens with one attached hydrogen (secondary N) is 3. The van der Waals surface area contributed by atoms with Gasteiger partial charge in [0, 0.05) is 23.1 Å². The van der Waals surface area contributed by atoms with Crippen LogP contribution in [0.25, 0.3) is 10.9 Å². The molecule has 0 aliphatic carbocycles. The molecule has 0 spiro atoms. The van der Waals surface area contributed by atoms with Crippen molar-refractivity contribution < 1.29 is 14.5 Å².